The Balaban J connectivity index is 1.77. The van der Waals surface area contributed by atoms with Crippen molar-refractivity contribution >= 4 is 35.1 Å². The molecule has 2 heterocycles. The van der Waals surface area contributed by atoms with E-state index in [0.29, 0.717) is 34.2 Å². The van der Waals surface area contributed by atoms with Crippen LogP contribution in [0, 0.1) is 5.41 Å². The van der Waals surface area contributed by atoms with Crippen LogP contribution in [0.2, 0.25) is 5.02 Å². The highest BCUT2D eigenvalue weighted by Crippen LogP contribution is 2.38. The number of urea groups is 1. The summed E-state index contributed by atoms with van der Waals surface area (Å²) in [6, 6.07) is 14.4. The third kappa shape index (κ3) is 4.83. The molecule has 9 heteroatoms. The number of benzene rings is 2. The molecule has 0 saturated carbocycles. The number of nitrogens with one attached hydrogen (secondary N) is 1. The molecule has 1 aromatic heterocycles. The fourth-order valence-electron chi connectivity index (χ4n) is 4.21. The van der Waals surface area contributed by atoms with Crippen molar-refractivity contribution in [2.75, 3.05) is 19.1 Å². The van der Waals surface area contributed by atoms with E-state index >= 15 is 0 Å². The lowest BCUT2D eigenvalue weighted by Gasteiger charge is -2.39. The largest absolute Gasteiger partial charge is 0.493 e. The van der Waals surface area contributed by atoms with Crippen molar-refractivity contribution in [2.24, 2.45) is 5.41 Å². The van der Waals surface area contributed by atoms with E-state index in [1.807, 2.05) is 12.1 Å². The second-order valence-corrected chi connectivity index (χ2v) is 8.62. The van der Waals surface area contributed by atoms with Crippen LogP contribution in [-0.4, -0.2) is 37.0 Å². The number of hydrogen-bond acceptors (Lipinski definition) is 6. The molecular weight excluding hydrogens is 470 g/mol. The van der Waals surface area contributed by atoms with Gasteiger partial charge in [-0.15, -0.1) is 0 Å². The van der Waals surface area contributed by atoms with Gasteiger partial charge in [0, 0.05) is 17.4 Å². The summed E-state index contributed by atoms with van der Waals surface area (Å²) in [6.45, 7) is 0. The number of carbonyl (C=O) groups excluding carboxylic acids is 3. The Morgan fingerprint density at radius 2 is 1.60 bits per heavy atom. The summed E-state index contributed by atoms with van der Waals surface area (Å²) in [5.74, 6) is -0.234. The summed E-state index contributed by atoms with van der Waals surface area (Å²) in [6.07, 6.45) is 3.97. The first-order valence-electron chi connectivity index (χ1n) is 10.9. The van der Waals surface area contributed by atoms with Crippen molar-refractivity contribution in [1.29, 1.82) is 0 Å². The number of nitrogens with zero attached hydrogens (tertiary/aromatic N) is 2. The van der Waals surface area contributed by atoms with Gasteiger partial charge in [0.05, 0.1) is 19.9 Å². The summed E-state index contributed by atoms with van der Waals surface area (Å²) >= 11 is 6.00. The maximum Gasteiger partial charge on any atom is 0.335 e. The zero-order valence-corrected chi connectivity index (χ0v) is 20.0. The number of rotatable bonds is 8. The molecule has 8 nitrogen and oxygen atoms in total. The van der Waals surface area contributed by atoms with E-state index in [1.165, 1.54) is 14.2 Å². The number of imide groups is 2. The van der Waals surface area contributed by atoms with Gasteiger partial charge in [-0.3, -0.25) is 19.9 Å². The van der Waals surface area contributed by atoms with Crippen LogP contribution in [0.25, 0.3) is 0 Å². The average Bonchev–Trinajstić information content (AvgIpc) is 2.87. The third-order valence-corrected chi connectivity index (χ3v) is 6.35. The molecule has 1 atom stereocenters. The number of aromatic nitrogens is 1. The lowest BCUT2D eigenvalue weighted by molar-refractivity contribution is -0.143. The Morgan fingerprint density at radius 1 is 0.914 bits per heavy atom. The highest BCUT2D eigenvalue weighted by atomic mass is 35.5. The minimum Gasteiger partial charge on any atom is -0.493 e. The van der Waals surface area contributed by atoms with Crippen LogP contribution in [0.3, 0.4) is 0 Å². The van der Waals surface area contributed by atoms with E-state index in [9.17, 15) is 14.4 Å². The third-order valence-electron chi connectivity index (χ3n) is 6.10. The Bertz CT molecular complexity index is 1250. The minimum absolute atomic E-state index is 0.0560. The first kappa shape index (κ1) is 24.2. The topological polar surface area (TPSA) is 97.8 Å². The van der Waals surface area contributed by atoms with Crippen LogP contribution >= 0.6 is 11.6 Å². The molecule has 180 valence electrons. The maximum absolute atomic E-state index is 14.0. The van der Waals surface area contributed by atoms with Gasteiger partial charge in [-0.2, -0.15) is 0 Å². The van der Waals surface area contributed by atoms with Gasteiger partial charge >= 0.3 is 6.03 Å². The van der Waals surface area contributed by atoms with Gasteiger partial charge in [0.25, 0.3) is 5.91 Å². The van der Waals surface area contributed by atoms with Crippen LogP contribution in [0.5, 0.6) is 11.5 Å². The average molecular weight is 494 g/mol. The molecular formula is C26H24ClN3O5. The standard InChI is InChI=1S/C26H24ClN3O5/c1-34-21-8-3-18(15-22(21)35-2)16-26(12-9-17-10-13-28-14-11-17)23(31)29-25(33)30(24(26)32)20-6-4-19(27)5-7-20/h3-8,10-11,13-15H,9,12,16H2,1-2H3,(H,29,31,33)/t26-/m0/s1. The SMILES string of the molecule is COc1ccc(C[C@@]2(CCc3ccncc3)C(=O)NC(=O)N(c3ccc(Cl)cc3)C2=O)cc1OC. The molecule has 0 radical (unpaired) electrons. The van der Waals surface area contributed by atoms with Gasteiger partial charge in [0.2, 0.25) is 5.91 Å². The zero-order valence-electron chi connectivity index (χ0n) is 19.3. The van der Waals surface area contributed by atoms with Crippen molar-refractivity contribution < 1.29 is 23.9 Å². The van der Waals surface area contributed by atoms with Crippen molar-refractivity contribution in [3.8, 4) is 11.5 Å². The molecule has 2 aromatic carbocycles. The number of anilines is 1. The summed E-state index contributed by atoms with van der Waals surface area (Å²) in [5, 5.41) is 2.86. The molecule has 1 saturated heterocycles. The fraction of sp³-hybridized carbons (Fsp3) is 0.231. The van der Waals surface area contributed by atoms with E-state index in [0.717, 1.165) is 10.5 Å². The molecule has 0 unspecified atom stereocenters. The molecule has 0 spiro atoms. The number of barbiturate groups is 1. The normalized spacial score (nSPS) is 17.8. The summed E-state index contributed by atoms with van der Waals surface area (Å²) < 4.78 is 10.7. The van der Waals surface area contributed by atoms with E-state index in [2.05, 4.69) is 10.3 Å². The summed E-state index contributed by atoms with van der Waals surface area (Å²) in [4.78, 5) is 45.2. The zero-order chi connectivity index (χ0) is 25.0. The smallest absolute Gasteiger partial charge is 0.335 e. The van der Waals surface area contributed by atoms with E-state index in [1.54, 1.807) is 54.9 Å². The van der Waals surface area contributed by atoms with Gasteiger partial charge < -0.3 is 9.47 Å². The van der Waals surface area contributed by atoms with Crippen molar-refractivity contribution in [3.63, 3.8) is 0 Å². The fourth-order valence-corrected chi connectivity index (χ4v) is 4.34. The number of pyridine rings is 1. The molecule has 4 rings (SSSR count). The summed E-state index contributed by atoms with van der Waals surface area (Å²) in [5.41, 5.74) is 0.384. The van der Waals surface area contributed by atoms with Crippen LogP contribution in [0.1, 0.15) is 17.5 Å². The number of methoxy groups -OCH3 is 2. The van der Waals surface area contributed by atoms with Gasteiger partial charge in [-0.1, -0.05) is 17.7 Å². The van der Waals surface area contributed by atoms with Crippen molar-refractivity contribution in [2.45, 2.75) is 19.3 Å². The first-order valence-corrected chi connectivity index (χ1v) is 11.3. The molecule has 0 bridgehead atoms. The molecule has 1 fully saturated rings. The molecule has 3 aromatic rings. The van der Waals surface area contributed by atoms with E-state index < -0.39 is 23.3 Å². The molecule has 1 N–H and O–H groups in total. The van der Waals surface area contributed by atoms with Crippen LogP contribution in [-0.2, 0) is 22.4 Å². The predicted octanol–water partition coefficient (Wildman–Crippen LogP) is 4.20. The van der Waals surface area contributed by atoms with E-state index in [4.69, 9.17) is 21.1 Å². The molecule has 4 amide bonds. The Kier molecular flexibility index (Phi) is 7.02. The first-order chi connectivity index (χ1) is 16.9. The van der Waals surface area contributed by atoms with Gasteiger partial charge in [-0.25, -0.2) is 9.69 Å². The van der Waals surface area contributed by atoms with Crippen molar-refractivity contribution in [1.82, 2.24) is 10.3 Å². The number of hydrogen-bond donors (Lipinski definition) is 1. The number of carbonyl (C=O) groups is 3. The number of halogens is 1. The number of aryl methyl sites for hydroxylation is 1. The monoisotopic (exact) mass is 493 g/mol. The van der Waals surface area contributed by atoms with Gasteiger partial charge in [0.15, 0.2) is 11.5 Å². The van der Waals surface area contributed by atoms with E-state index in [-0.39, 0.29) is 12.8 Å². The number of ether oxygens (including phenoxy) is 2. The highest BCUT2D eigenvalue weighted by molar-refractivity contribution is 6.31. The molecule has 1 aliphatic heterocycles. The second kappa shape index (κ2) is 10.1. The molecule has 0 aliphatic carbocycles. The Hall–Kier alpha value is -3.91. The van der Waals surface area contributed by atoms with Gasteiger partial charge in [0.1, 0.15) is 5.41 Å². The highest BCUT2D eigenvalue weighted by Gasteiger charge is 2.54. The van der Waals surface area contributed by atoms with Gasteiger partial charge in [-0.05, 0) is 78.9 Å². The lowest BCUT2D eigenvalue weighted by Crippen LogP contribution is -2.65. The molecule has 35 heavy (non-hydrogen) atoms. The second-order valence-electron chi connectivity index (χ2n) is 8.18. The Morgan fingerprint density at radius 3 is 2.26 bits per heavy atom. The number of amides is 4. The maximum atomic E-state index is 14.0. The van der Waals surface area contributed by atoms with Crippen LogP contribution in [0.15, 0.2) is 67.0 Å². The van der Waals surface area contributed by atoms with Crippen LogP contribution in [0.4, 0.5) is 10.5 Å². The quantitative estimate of drug-likeness (QED) is 0.472. The summed E-state index contributed by atoms with van der Waals surface area (Å²) in [7, 11) is 3.04. The minimum atomic E-state index is -1.55. The van der Waals surface area contributed by atoms with Crippen molar-refractivity contribution in [3.05, 3.63) is 83.1 Å². The van der Waals surface area contributed by atoms with Crippen LogP contribution < -0.4 is 19.7 Å². The Labute approximate surface area is 207 Å². The lowest BCUT2D eigenvalue weighted by atomic mass is 9.73. The molecule has 1 aliphatic rings. The predicted molar refractivity (Wildman–Crippen MR) is 131 cm³/mol.